The third-order valence-electron chi connectivity index (χ3n) is 8.23. The van der Waals surface area contributed by atoms with Crippen molar-refractivity contribution >= 4 is 45.4 Å². The SMILES string of the molecule is CNC(=O)c1cnc(N2C(=O)C3C[C@H](C)N(C(=O)c4ccc(Br)c(C(F)(F)F)c4)CC3n3ncc(Cc4ccccc4)c32)nc1. The highest BCUT2D eigenvalue weighted by Gasteiger charge is 2.49. The van der Waals surface area contributed by atoms with E-state index in [0.29, 0.717) is 17.8 Å². The molecule has 0 spiro atoms. The van der Waals surface area contributed by atoms with Gasteiger partial charge in [0.1, 0.15) is 5.82 Å². The highest BCUT2D eigenvalue weighted by Crippen LogP contribution is 2.44. The lowest BCUT2D eigenvalue weighted by Crippen LogP contribution is -2.56. The van der Waals surface area contributed by atoms with Gasteiger partial charge in [0, 0.05) is 54.0 Å². The summed E-state index contributed by atoms with van der Waals surface area (Å²) >= 11 is 2.93. The molecule has 1 N–H and O–H groups in total. The van der Waals surface area contributed by atoms with Crippen LogP contribution >= 0.6 is 15.9 Å². The molecule has 6 rings (SSSR count). The standard InChI is InChI=1S/C31H27BrF3N7O3/c1-17-10-22-25(16-40(17)28(44)19-8-9-24(32)23(12-19)31(33,34)35)42-27(20(15-39-42)11-18-6-4-3-5-7-18)41(29(22)45)30-37-13-21(14-38-30)26(43)36-2/h3-9,12-15,17,22,25H,10-11,16H2,1-2H3,(H,36,43)/t17-,22?,25?/m0/s1. The summed E-state index contributed by atoms with van der Waals surface area (Å²) in [4.78, 5) is 51.7. The first-order valence-corrected chi connectivity index (χ1v) is 14.9. The number of nitrogens with zero attached hydrogens (tertiary/aromatic N) is 6. The molecule has 0 bridgehead atoms. The first-order valence-electron chi connectivity index (χ1n) is 14.1. The van der Waals surface area contributed by atoms with Crippen molar-refractivity contribution in [1.29, 1.82) is 0 Å². The lowest BCUT2D eigenvalue weighted by Gasteiger charge is -2.46. The van der Waals surface area contributed by atoms with E-state index in [-0.39, 0.29) is 46.3 Å². The topological polar surface area (TPSA) is 113 Å². The summed E-state index contributed by atoms with van der Waals surface area (Å²) in [6.45, 7) is 1.82. The second-order valence-electron chi connectivity index (χ2n) is 11.0. The number of alkyl halides is 3. The molecular formula is C31H27BrF3N7O3. The number of piperidine rings is 1. The van der Waals surface area contributed by atoms with Crippen LogP contribution in [0, 0.1) is 5.92 Å². The molecule has 3 amide bonds. The Morgan fingerprint density at radius 3 is 2.42 bits per heavy atom. The Balaban J connectivity index is 1.40. The number of likely N-dealkylation sites (tertiary alicyclic amines) is 1. The van der Waals surface area contributed by atoms with Gasteiger partial charge < -0.3 is 10.2 Å². The van der Waals surface area contributed by atoms with E-state index in [1.807, 2.05) is 30.3 Å². The van der Waals surface area contributed by atoms with Crippen molar-refractivity contribution in [2.24, 2.45) is 5.92 Å². The summed E-state index contributed by atoms with van der Waals surface area (Å²) in [6.07, 6.45) is 0.375. The van der Waals surface area contributed by atoms with Gasteiger partial charge in [-0.15, -0.1) is 0 Å². The molecule has 45 heavy (non-hydrogen) atoms. The van der Waals surface area contributed by atoms with Crippen LogP contribution in [0.2, 0.25) is 0 Å². The van der Waals surface area contributed by atoms with E-state index in [4.69, 9.17) is 0 Å². The lowest BCUT2D eigenvalue weighted by molar-refractivity contribution is -0.138. The molecule has 2 aromatic carbocycles. The van der Waals surface area contributed by atoms with Gasteiger partial charge in [0.15, 0.2) is 0 Å². The zero-order valence-corrected chi connectivity index (χ0v) is 25.7. The van der Waals surface area contributed by atoms with Gasteiger partial charge in [0.25, 0.3) is 11.8 Å². The number of hydrogen-bond donors (Lipinski definition) is 1. The molecule has 2 aromatic heterocycles. The number of halogens is 4. The lowest BCUT2D eigenvalue weighted by atomic mass is 9.84. The monoisotopic (exact) mass is 681 g/mol. The number of anilines is 2. The highest BCUT2D eigenvalue weighted by atomic mass is 79.9. The predicted molar refractivity (Wildman–Crippen MR) is 161 cm³/mol. The van der Waals surface area contributed by atoms with Gasteiger partial charge in [-0.3, -0.25) is 14.4 Å². The minimum Gasteiger partial charge on any atom is -0.355 e. The van der Waals surface area contributed by atoms with Crippen LogP contribution in [-0.4, -0.2) is 62.0 Å². The molecule has 0 radical (unpaired) electrons. The van der Waals surface area contributed by atoms with Crippen LogP contribution in [0.1, 0.15) is 56.8 Å². The molecule has 14 heteroatoms. The summed E-state index contributed by atoms with van der Waals surface area (Å²) in [5.41, 5.74) is 0.870. The molecule has 2 unspecified atom stereocenters. The number of hydrogen-bond acceptors (Lipinski definition) is 6. The first-order chi connectivity index (χ1) is 21.5. The average molecular weight is 683 g/mol. The largest absolute Gasteiger partial charge is 0.417 e. The summed E-state index contributed by atoms with van der Waals surface area (Å²) in [7, 11) is 1.49. The molecule has 3 atom stereocenters. The van der Waals surface area contributed by atoms with E-state index < -0.39 is 35.6 Å². The number of rotatable bonds is 5. The van der Waals surface area contributed by atoms with Crippen LogP contribution in [0.5, 0.6) is 0 Å². The number of carbonyl (C=O) groups is 3. The maximum atomic E-state index is 14.3. The average Bonchev–Trinajstić information content (AvgIpc) is 3.43. The summed E-state index contributed by atoms with van der Waals surface area (Å²) in [5.74, 6) is -1.36. The summed E-state index contributed by atoms with van der Waals surface area (Å²) < 4.78 is 42.4. The third-order valence-corrected chi connectivity index (χ3v) is 8.92. The van der Waals surface area contributed by atoms with Crippen LogP contribution in [0.3, 0.4) is 0 Å². The van der Waals surface area contributed by atoms with E-state index >= 15 is 0 Å². The van der Waals surface area contributed by atoms with Crippen molar-refractivity contribution < 1.29 is 27.6 Å². The molecule has 0 aliphatic carbocycles. The van der Waals surface area contributed by atoms with E-state index in [0.717, 1.165) is 11.6 Å². The third kappa shape index (κ3) is 5.58. The van der Waals surface area contributed by atoms with Crippen molar-refractivity contribution in [2.45, 2.75) is 38.0 Å². The van der Waals surface area contributed by atoms with Crippen LogP contribution < -0.4 is 10.2 Å². The minimum absolute atomic E-state index is 0.0532. The fourth-order valence-electron chi connectivity index (χ4n) is 5.98. The number of nitrogens with one attached hydrogen (secondary N) is 1. The molecule has 1 saturated heterocycles. The Kier molecular flexibility index (Phi) is 7.93. The molecule has 2 aliphatic heterocycles. The van der Waals surface area contributed by atoms with Gasteiger partial charge in [0.2, 0.25) is 11.9 Å². The molecule has 232 valence electrons. The molecule has 2 aliphatic rings. The molecule has 0 saturated carbocycles. The van der Waals surface area contributed by atoms with Crippen molar-refractivity contribution in [2.75, 3.05) is 18.5 Å². The van der Waals surface area contributed by atoms with E-state index in [9.17, 15) is 27.6 Å². The van der Waals surface area contributed by atoms with Gasteiger partial charge >= 0.3 is 6.18 Å². The second-order valence-corrected chi connectivity index (χ2v) is 11.9. The quantitative estimate of drug-likeness (QED) is 0.311. The first kappa shape index (κ1) is 30.4. The van der Waals surface area contributed by atoms with Crippen LogP contribution in [-0.2, 0) is 17.4 Å². The maximum Gasteiger partial charge on any atom is 0.417 e. The second kappa shape index (κ2) is 11.7. The van der Waals surface area contributed by atoms with Gasteiger partial charge in [-0.1, -0.05) is 46.3 Å². The summed E-state index contributed by atoms with van der Waals surface area (Å²) in [5, 5.41) is 7.18. The molecule has 4 aromatic rings. The van der Waals surface area contributed by atoms with Crippen LogP contribution in [0.15, 0.2) is 71.6 Å². The predicted octanol–water partition coefficient (Wildman–Crippen LogP) is 5.18. The normalized spacial score (nSPS) is 19.6. The van der Waals surface area contributed by atoms with E-state index in [2.05, 4.69) is 36.3 Å². The molecule has 10 nitrogen and oxygen atoms in total. The highest BCUT2D eigenvalue weighted by molar-refractivity contribution is 9.10. The van der Waals surface area contributed by atoms with Crippen molar-refractivity contribution in [3.8, 4) is 0 Å². The Morgan fingerprint density at radius 2 is 1.76 bits per heavy atom. The number of aromatic nitrogens is 4. The van der Waals surface area contributed by atoms with Gasteiger partial charge in [-0.25, -0.2) is 19.5 Å². The van der Waals surface area contributed by atoms with Crippen molar-refractivity contribution in [1.82, 2.24) is 30.0 Å². The van der Waals surface area contributed by atoms with Crippen molar-refractivity contribution in [3.63, 3.8) is 0 Å². The van der Waals surface area contributed by atoms with Gasteiger partial charge in [-0.2, -0.15) is 18.3 Å². The fourth-order valence-corrected chi connectivity index (χ4v) is 6.45. The Bertz CT molecular complexity index is 1780. The maximum absolute atomic E-state index is 14.3. The van der Waals surface area contributed by atoms with Gasteiger partial charge in [-0.05, 0) is 37.1 Å². The Morgan fingerprint density at radius 1 is 1.04 bits per heavy atom. The van der Waals surface area contributed by atoms with Crippen LogP contribution in [0.25, 0.3) is 0 Å². The smallest absolute Gasteiger partial charge is 0.355 e. The number of fused-ring (bicyclic) bond motifs is 3. The molecule has 4 heterocycles. The minimum atomic E-state index is -4.65. The summed E-state index contributed by atoms with van der Waals surface area (Å²) in [6, 6.07) is 12.0. The Labute approximate surface area is 264 Å². The fraction of sp³-hybridized carbons (Fsp3) is 0.290. The van der Waals surface area contributed by atoms with Crippen molar-refractivity contribution in [3.05, 3.63) is 99.4 Å². The zero-order chi connectivity index (χ0) is 32.0. The molecule has 1 fully saturated rings. The van der Waals surface area contributed by atoms with E-state index in [1.165, 1.54) is 41.4 Å². The Hall–Kier alpha value is -4.59. The zero-order valence-electron chi connectivity index (χ0n) is 24.1. The number of amides is 3. The van der Waals surface area contributed by atoms with E-state index in [1.54, 1.807) is 17.8 Å². The number of carbonyl (C=O) groups excluding carboxylic acids is 3. The van der Waals surface area contributed by atoms with Crippen LogP contribution in [0.4, 0.5) is 24.9 Å². The number of benzene rings is 2. The molecular weight excluding hydrogens is 655 g/mol. The van der Waals surface area contributed by atoms with Gasteiger partial charge in [0.05, 0.1) is 29.3 Å².